The first-order valence-electron chi connectivity index (χ1n) is 8.60. The number of hydrogen-bond donors (Lipinski definition) is 0. The maximum absolute atomic E-state index is 11.3. The van der Waals surface area contributed by atoms with Crippen LogP contribution in [-0.4, -0.2) is 33.4 Å². The summed E-state index contributed by atoms with van der Waals surface area (Å²) in [5, 5.41) is 2.00. The van der Waals surface area contributed by atoms with Gasteiger partial charge in [0.25, 0.3) is 5.91 Å². The van der Waals surface area contributed by atoms with Crippen LogP contribution in [0.25, 0.3) is 0 Å². The summed E-state index contributed by atoms with van der Waals surface area (Å²) in [6.45, 7) is 9.61. The predicted octanol–water partition coefficient (Wildman–Crippen LogP) is 4.54. The number of nitrogens with zero attached hydrogens (tertiary/aromatic N) is 2. The molecule has 6 heteroatoms. The first kappa shape index (κ1) is 21.5. The van der Waals surface area contributed by atoms with Crippen molar-refractivity contribution in [1.29, 1.82) is 0 Å². The fourth-order valence-corrected chi connectivity index (χ4v) is 4.80. The highest BCUT2D eigenvalue weighted by Crippen LogP contribution is 2.29. The fraction of sp³-hybridized carbons (Fsp3) is 0.421. The molecule has 138 valence electrons. The molecule has 1 amide bonds. The van der Waals surface area contributed by atoms with Crippen molar-refractivity contribution in [2.75, 3.05) is 14.1 Å². The summed E-state index contributed by atoms with van der Waals surface area (Å²) in [4.78, 5) is 15.3. The molecular formula is C19H28N2O2S2. The zero-order valence-corrected chi connectivity index (χ0v) is 17.5. The van der Waals surface area contributed by atoms with E-state index in [2.05, 4.69) is 0 Å². The van der Waals surface area contributed by atoms with Gasteiger partial charge in [-0.3, -0.25) is 4.79 Å². The van der Waals surface area contributed by atoms with Gasteiger partial charge in [-0.25, -0.2) is 8.51 Å². The number of carbonyl (C=O) groups is 1. The molecule has 1 unspecified atom stereocenters. The monoisotopic (exact) mass is 380 g/mol. The number of amides is 1. The van der Waals surface area contributed by atoms with E-state index < -0.39 is 11.0 Å². The molecule has 0 fully saturated rings. The summed E-state index contributed by atoms with van der Waals surface area (Å²) >= 11 is 1.68. The second kappa shape index (κ2) is 10.5. The van der Waals surface area contributed by atoms with E-state index in [0.29, 0.717) is 0 Å². The molecule has 3 heterocycles. The lowest BCUT2D eigenvalue weighted by molar-refractivity contribution is 0.0816. The van der Waals surface area contributed by atoms with E-state index >= 15 is 0 Å². The van der Waals surface area contributed by atoms with Crippen LogP contribution in [-0.2, 0) is 24.1 Å². The van der Waals surface area contributed by atoms with Gasteiger partial charge in [0.15, 0.2) is 0 Å². The Morgan fingerprint density at radius 3 is 2.24 bits per heavy atom. The molecule has 1 atom stereocenters. The number of fused-ring (bicyclic) bond motifs is 2. The largest absolute Gasteiger partial charge is 0.337 e. The van der Waals surface area contributed by atoms with Crippen LogP contribution >= 0.6 is 11.3 Å². The quantitative estimate of drug-likeness (QED) is 0.673. The molecule has 4 rings (SSSR count). The van der Waals surface area contributed by atoms with E-state index in [9.17, 15) is 9.00 Å². The zero-order chi connectivity index (χ0) is 19.0. The molecule has 2 aliphatic rings. The van der Waals surface area contributed by atoms with Crippen molar-refractivity contribution in [2.45, 2.75) is 45.7 Å². The van der Waals surface area contributed by atoms with Crippen LogP contribution in [0.2, 0.25) is 0 Å². The summed E-state index contributed by atoms with van der Waals surface area (Å²) in [6, 6.07) is 9.68. The molecule has 0 aliphatic carbocycles. The highest BCUT2D eigenvalue weighted by atomic mass is 32.2. The molecule has 0 radical (unpaired) electrons. The van der Waals surface area contributed by atoms with Crippen LogP contribution in [0.4, 0.5) is 0 Å². The van der Waals surface area contributed by atoms with E-state index in [0.717, 1.165) is 29.1 Å². The van der Waals surface area contributed by atoms with E-state index in [1.807, 2.05) is 81.8 Å². The molecule has 0 bridgehead atoms. The molecular weight excluding hydrogens is 352 g/mol. The first-order chi connectivity index (χ1) is 12.1. The van der Waals surface area contributed by atoms with E-state index in [1.54, 1.807) is 16.2 Å². The van der Waals surface area contributed by atoms with Crippen molar-refractivity contribution < 1.29 is 9.00 Å². The van der Waals surface area contributed by atoms with Gasteiger partial charge in [-0.2, -0.15) is 0 Å². The minimum atomic E-state index is -0.868. The average Bonchev–Trinajstić information content (AvgIpc) is 3.30. The molecule has 2 aliphatic heterocycles. The fourth-order valence-electron chi connectivity index (χ4n) is 2.43. The minimum absolute atomic E-state index is 0.139. The Kier molecular flexibility index (Phi) is 9.03. The third-order valence-corrected chi connectivity index (χ3v) is 6.03. The van der Waals surface area contributed by atoms with Crippen LogP contribution in [0.5, 0.6) is 0 Å². The zero-order valence-electron chi connectivity index (χ0n) is 15.9. The van der Waals surface area contributed by atoms with Crippen molar-refractivity contribution in [3.63, 3.8) is 0 Å². The standard InChI is InChI=1S/C9H9NO.C6H7NOS2.2C2H6/c1-10-6-7-4-2-3-5-8(7)9(10)11;1-7-4-5-6(10(7)8)2-3-9-5;2*1-2/h2-5H,6H2,1H3;2-3H,4H2,1H3;2*1-2H3. The number of rotatable bonds is 0. The van der Waals surface area contributed by atoms with Crippen molar-refractivity contribution >= 4 is 28.2 Å². The predicted molar refractivity (Wildman–Crippen MR) is 107 cm³/mol. The Morgan fingerprint density at radius 1 is 1.00 bits per heavy atom. The van der Waals surface area contributed by atoms with Crippen molar-refractivity contribution in [2.24, 2.45) is 0 Å². The van der Waals surface area contributed by atoms with Crippen LogP contribution in [0.3, 0.4) is 0 Å². The van der Waals surface area contributed by atoms with E-state index in [4.69, 9.17) is 0 Å². The molecule has 2 aromatic rings. The van der Waals surface area contributed by atoms with Crippen LogP contribution < -0.4 is 0 Å². The Bertz CT molecular complexity index is 713. The molecule has 0 N–H and O–H groups in total. The first-order valence-corrected chi connectivity index (χ1v) is 10.6. The van der Waals surface area contributed by atoms with Gasteiger partial charge >= 0.3 is 0 Å². The third kappa shape index (κ3) is 5.00. The third-order valence-electron chi connectivity index (χ3n) is 3.54. The molecule has 1 aromatic carbocycles. The molecule has 1 aromatic heterocycles. The highest BCUT2D eigenvalue weighted by molar-refractivity contribution is 7.83. The molecule has 25 heavy (non-hydrogen) atoms. The van der Waals surface area contributed by atoms with Crippen LogP contribution in [0.15, 0.2) is 40.6 Å². The number of thiophene rings is 1. The molecule has 0 spiro atoms. The van der Waals surface area contributed by atoms with Gasteiger partial charge in [0, 0.05) is 37.6 Å². The summed E-state index contributed by atoms with van der Waals surface area (Å²) in [5.74, 6) is 0.139. The average molecular weight is 381 g/mol. The van der Waals surface area contributed by atoms with E-state index in [-0.39, 0.29) is 5.91 Å². The second-order valence-electron chi connectivity index (χ2n) is 5.06. The number of hydrogen-bond acceptors (Lipinski definition) is 3. The second-order valence-corrected chi connectivity index (χ2v) is 7.62. The normalized spacial score (nSPS) is 17.3. The number of benzene rings is 1. The minimum Gasteiger partial charge on any atom is -0.337 e. The van der Waals surface area contributed by atoms with E-state index in [1.165, 1.54) is 4.88 Å². The van der Waals surface area contributed by atoms with Gasteiger partial charge in [-0.05, 0) is 23.1 Å². The van der Waals surface area contributed by atoms with Gasteiger partial charge in [-0.15, -0.1) is 11.3 Å². The van der Waals surface area contributed by atoms with Crippen LogP contribution in [0.1, 0.15) is 48.5 Å². The van der Waals surface area contributed by atoms with Gasteiger partial charge in [0.1, 0.15) is 11.0 Å². The molecule has 0 saturated heterocycles. The summed E-state index contributed by atoms with van der Waals surface area (Å²) in [5.41, 5.74) is 2.00. The van der Waals surface area contributed by atoms with Gasteiger partial charge < -0.3 is 4.90 Å². The Hall–Kier alpha value is -1.50. The lowest BCUT2D eigenvalue weighted by Crippen LogP contribution is -2.17. The van der Waals surface area contributed by atoms with Crippen molar-refractivity contribution in [3.8, 4) is 0 Å². The summed E-state index contributed by atoms with van der Waals surface area (Å²) in [6.07, 6.45) is 0. The number of carbonyl (C=O) groups excluding carboxylic acids is 1. The van der Waals surface area contributed by atoms with Crippen molar-refractivity contribution in [1.82, 2.24) is 9.21 Å². The van der Waals surface area contributed by atoms with Gasteiger partial charge in [-0.1, -0.05) is 45.9 Å². The highest BCUT2D eigenvalue weighted by Gasteiger charge is 2.24. The maximum Gasteiger partial charge on any atom is 0.254 e. The lowest BCUT2D eigenvalue weighted by Gasteiger charge is -2.04. The SMILES string of the molecule is CC.CC.CN1Cc2ccccc2C1=O.CN1Cc2sccc2S1=O. The smallest absolute Gasteiger partial charge is 0.254 e. The maximum atomic E-state index is 11.3. The van der Waals surface area contributed by atoms with Gasteiger partial charge in [0.05, 0.1) is 4.90 Å². The Labute approximate surface area is 158 Å². The Balaban J connectivity index is 0.000000210. The van der Waals surface area contributed by atoms with Gasteiger partial charge in [0.2, 0.25) is 0 Å². The topological polar surface area (TPSA) is 40.6 Å². The molecule has 4 nitrogen and oxygen atoms in total. The van der Waals surface area contributed by atoms with Crippen LogP contribution in [0, 0.1) is 0 Å². The Morgan fingerprint density at radius 2 is 1.64 bits per heavy atom. The van der Waals surface area contributed by atoms with Crippen molar-refractivity contribution in [3.05, 3.63) is 51.7 Å². The molecule has 0 saturated carbocycles. The lowest BCUT2D eigenvalue weighted by atomic mass is 10.1. The summed E-state index contributed by atoms with van der Waals surface area (Å²) in [7, 11) is 2.83. The summed E-state index contributed by atoms with van der Waals surface area (Å²) < 4.78 is 13.1.